The maximum atomic E-state index is 5.28. The van der Waals surface area contributed by atoms with Gasteiger partial charge in [-0.25, -0.2) is 9.97 Å². The molecule has 1 fully saturated rings. The number of hydrogen-bond acceptors (Lipinski definition) is 6. The van der Waals surface area contributed by atoms with Gasteiger partial charge in [-0.15, -0.1) is 23.1 Å². The standard InChI is InChI=1S/C19H21N3OS2/c1-22-9-7-15(8-10-22)25-19-17-16(11-24-18(17)20-12-21-19)13-3-5-14(23-2)6-4-13/h3-6,11-12,15H,7-10H2,1-2H3. The van der Waals surface area contributed by atoms with Gasteiger partial charge in [-0.3, -0.25) is 0 Å². The van der Waals surface area contributed by atoms with E-state index in [2.05, 4.69) is 39.4 Å². The molecule has 1 aliphatic heterocycles. The van der Waals surface area contributed by atoms with Gasteiger partial charge in [0.15, 0.2) is 0 Å². The SMILES string of the molecule is COc1ccc(-c2csc3ncnc(SC4CCN(C)CC4)c23)cc1. The quantitative estimate of drug-likeness (QED) is 0.629. The van der Waals surface area contributed by atoms with Crippen molar-refractivity contribution in [3.63, 3.8) is 0 Å². The minimum Gasteiger partial charge on any atom is -0.497 e. The molecule has 6 heteroatoms. The molecule has 0 spiro atoms. The number of piperidine rings is 1. The van der Waals surface area contributed by atoms with Crippen molar-refractivity contribution in [1.29, 1.82) is 0 Å². The average molecular weight is 372 g/mol. The summed E-state index contributed by atoms with van der Waals surface area (Å²) in [5, 5.41) is 5.14. The molecule has 0 saturated carbocycles. The van der Waals surface area contributed by atoms with Crippen molar-refractivity contribution in [2.24, 2.45) is 0 Å². The van der Waals surface area contributed by atoms with E-state index in [0.29, 0.717) is 5.25 Å². The lowest BCUT2D eigenvalue weighted by molar-refractivity contribution is 0.282. The minimum absolute atomic E-state index is 0.637. The Morgan fingerprint density at radius 2 is 1.92 bits per heavy atom. The van der Waals surface area contributed by atoms with Crippen LogP contribution in [-0.2, 0) is 0 Å². The van der Waals surface area contributed by atoms with Crippen LogP contribution in [-0.4, -0.2) is 47.4 Å². The topological polar surface area (TPSA) is 38.3 Å². The van der Waals surface area contributed by atoms with Crippen LogP contribution in [0.2, 0.25) is 0 Å². The molecule has 0 unspecified atom stereocenters. The van der Waals surface area contributed by atoms with Gasteiger partial charge < -0.3 is 9.64 Å². The van der Waals surface area contributed by atoms with E-state index in [1.165, 1.54) is 42.4 Å². The van der Waals surface area contributed by atoms with Gasteiger partial charge >= 0.3 is 0 Å². The summed E-state index contributed by atoms with van der Waals surface area (Å²) < 4.78 is 5.28. The molecule has 0 atom stereocenters. The summed E-state index contributed by atoms with van der Waals surface area (Å²) in [6.45, 7) is 2.34. The molecule has 25 heavy (non-hydrogen) atoms. The van der Waals surface area contributed by atoms with Gasteiger partial charge in [0.2, 0.25) is 0 Å². The molecule has 1 aromatic carbocycles. The van der Waals surface area contributed by atoms with Gasteiger partial charge in [-0.2, -0.15) is 0 Å². The molecule has 2 aromatic heterocycles. The van der Waals surface area contributed by atoms with Crippen molar-refractivity contribution in [3.05, 3.63) is 36.0 Å². The van der Waals surface area contributed by atoms with Gasteiger partial charge in [0, 0.05) is 16.2 Å². The Morgan fingerprint density at radius 1 is 1.16 bits per heavy atom. The van der Waals surface area contributed by atoms with Crippen LogP contribution >= 0.6 is 23.1 Å². The zero-order valence-electron chi connectivity index (χ0n) is 14.4. The largest absolute Gasteiger partial charge is 0.497 e. The molecule has 0 amide bonds. The summed E-state index contributed by atoms with van der Waals surface area (Å²) in [4.78, 5) is 12.6. The van der Waals surface area contributed by atoms with E-state index in [4.69, 9.17) is 4.74 Å². The molecule has 0 N–H and O–H groups in total. The number of thiophene rings is 1. The van der Waals surface area contributed by atoms with E-state index in [1.54, 1.807) is 24.8 Å². The third-order valence-electron chi connectivity index (χ3n) is 4.68. The predicted molar refractivity (Wildman–Crippen MR) is 106 cm³/mol. The van der Waals surface area contributed by atoms with Gasteiger partial charge in [0.25, 0.3) is 0 Å². The van der Waals surface area contributed by atoms with Crippen LogP contribution in [0.25, 0.3) is 21.3 Å². The second-order valence-electron chi connectivity index (χ2n) is 6.36. The van der Waals surface area contributed by atoms with Crippen LogP contribution in [0.4, 0.5) is 0 Å². The molecule has 130 valence electrons. The number of aromatic nitrogens is 2. The lowest BCUT2D eigenvalue weighted by Crippen LogP contribution is -2.31. The van der Waals surface area contributed by atoms with Crippen molar-refractivity contribution in [2.75, 3.05) is 27.2 Å². The third kappa shape index (κ3) is 3.52. The third-order valence-corrected chi connectivity index (χ3v) is 6.90. The summed E-state index contributed by atoms with van der Waals surface area (Å²) in [5.41, 5.74) is 2.41. The van der Waals surface area contributed by atoms with Gasteiger partial charge in [0.1, 0.15) is 21.9 Å². The number of likely N-dealkylation sites (tertiary alicyclic amines) is 1. The highest BCUT2D eigenvalue weighted by molar-refractivity contribution is 8.00. The first-order chi connectivity index (χ1) is 12.2. The number of benzene rings is 1. The number of ether oxygens (including phenoxy) is 1. The predicted octanol–water partition coefficient (Wildman–Crippen LogP) is 4.55. The summed E-state index contributed by atoms with van der Waals surface area (Å²) in [7, 11) is 3.89. The molecule has 3 aromatic rings. The Balaban J connectivity index is 1.68. The lowest BCUT2D eigenvalue weighted by atomic mass is 10.1. The minimum atomic E-state index is 0.637. The molecule has 0 bridgehead atoms. The monoisotopic (exact) mass is 371 g/mol. The number of fused-ring (bicyclic) bond motifs is 1. The average Bonchev–Trinajstić information content (AvgIpc) is 3.09. The highest BCUT2D eigenvalue weighted by Gasteiger charge is 2.21. The normalized spacial score (nSPS) is 16.4. The van der Waals surface area contributed by atoms with Gasteiger partial charge in [0.05, 0.1) is 12.5 Å². The molecule has 1 aliphatic rings. The second kappa shape index (κ2) is 7.32. The number of hydrogen-bond donors (Lipinski definition) is 0. The maximum absolute atomic E-state index is 5.28. The van der Waals surface area contributed by atoms with Crippen molar-refractivity contribution in [3.8, 4) is 16.9 Å². The Hall–Kier alpha value is -1.63. The lowest BCUT2D eigenvalue weighted by Gasteiger charge is -2.28. The smallest absolute Gasteiger partial charge is 0.128 e. The van der Waals surface area contributed by atoms with Crippen LogP contribution in [0.15, 0.2) is 41.0 Å². The summed E-state index contributed by atoms with van der Waals surface area (Å²) in [6.07, 6.45) is 4.14. The molecule has 1 saturated heterocycles. The summed E-state index contributed by atoms with van der Waals surface area (Å²) in [6, 6.07) is 8.23. The fraction of sp³-hybridized carbons (Fsp3) is 0.368. The van der Waals surface area contributed by atoms with Crippen molar-refractivity contribution < 1.29 is 4.74 Å². The fourth-order valence-corrected chi connectivity index (χ4v) is 5.36. The zero-order chi connectivity index (χ0) is 17.2. The van der Waals surface area contributed by atoms with Crippen molar-refractivity contribution in [2.45, 2.75) is 23.1 Å². The van der Waals surface area contributed by atoms with E-state index >= 15 is 0 Å². The first kappa shape index (κ1) is 16.8. The van der Waals surface area contributed by atoms with Crippen LogP contribution in [0, 0.1) is 0 Å². The highest BCUT2D eigenvalue weighted by Crippen LogP contribution is 2.40. The zero-order valence-corrected chi connectivity index (χ0v) is 16.1. The van der Waals surface area contributed by atoms with Gasteiger partial charge in [-0.05, 0) is 50.7 Å². The molecular formula is C19H21N3OS2. The Labute approximate surface area is 156 Å². The van der Waals surface area contributed by atoms with Gasteiger partial charge in [-0.1, -0.05) is 12.1 Å². The number of thioether (sulfide) groups is 1. The summed E-state index contributed by atoms with van der Waals surface area (Å²) >= 11 is 3.61. The van der Waals surface area contributed by atoms with Crippen LogP contribution in [0.3, 0.4) is 0 Å². The Bertz CT molecular complexity index is 855. The first-order valence-electron chi connectivity index (χ1n) is 8.46. The van der Waals surface area contributed by atoms with Crippen molar-refractivity contribution in [1.82, 2.24) is 14.9 Å². The number of methoxy groups -OCH3 is 1. The van der Waals surface area contributed by atoms with E-state index in [1.807, 2.05) is 23.9 Å². The van der Waals surface area contributed by atoms with E-state index in [9.17, 15) is 0 Å². The second-order valence-corrected chi connectivity index (χ2v) is 8.50. The first-order valence-corrected chi connectivity index (χ1v) is 10.2. The maximum Gasteiger partial charge on any atom is 0.128 e. The highest BCUT2D eigenvalue weighted by atomic mass is 32.2. The number of rotatable bonds is 4. The molecule has 4 nitrogen and oxygen atoms in total. The van der Waals surface area contributed by atoms with E-state index < -0.39 is 0 Å². The molecule has 0 aliphatic carbocycles. The van der Waals surface area contributed by atoms with Crippen LogP contribution < -0.4 is 4.74 Å². The Morgan fingerprint density at radius 3 is 2.64 bits per heavy atom. The molecular weight excluding hydrogens is 350 g/mol. The molecule has 4 rings (SSSR count). The van der Waals surface area contributed by atoms with Crippen LogP contribution in [0.1, 0.15) is 12.8 Å². The van der Waals surface area contributed by atoms with Crippen LogP contribution in [0.5, 0.6) is 5.75 Å². The Kier molecular flexibility index (Phi) is 4.92. The molecule has 3 heterocycles. The number of nitrogens with zero attached hydrogens (tertiary/aromatic N) is 3. The summed E-state index contributed by atoms with van der Waals surface area (Å²) in [5.74, 6) is 0.875. The van der Waals surface area contributed by atoms with E-state index in [-0.39, 0.29) is 0 Å². The molecule has 0 radical (unpaired) electrons. The fourth-order valence-electron chi connectivity index (χ4n) is 3.18. The van der Waals surface area contributed by atoms with E-state index in [0.717, 1.165) is 15.6 Å². The van der Waals surface area contributed by atoms with Crippen molar-refractivity contribution >= 4 is 33.3 Å².